The summed E-state index contributed by atoms with van der Waals surface area (Å²) < 4.78 is 0.571. The maximum Gasteiger partial charge on any atom is 0.251 e. The van der Waals surface area contributed by atoms with Crippen LogP contribution in [0.25, 0.3) is 0 Å². The molecule has 1 amide bonds. The van der Waals surface area contributed by atoms with Gasteiger partial charge in [-0.1, -0.05) is 22.9 Å². The summed E-state index contributed by atoms with van der Waals surface area (Å²) >= 11 is 6.63. The predicted molar refractivity (Wildman–Crippen MR) is 75.7 cm³/mol. The number of aromatic hydroxyl groups is 1. The van der Waals surface area contributed by atoms with Gasteiger partial charge in [0.15, 0.2) is 0 Å². The van der Waals surface area contributed by atoms with Gasteiger partial charge in [0, 0.05) is 15.9 Å². The first-order valence-electron chi connectivity index (χ1n) is 5.19. The fraction of sp³-hybridized carbons (Fsp3) is 0.417. The van der Waals surface area contributed by atoms with Crippen molar-refractivity contribution in [3.05, 3.63) is 28.2 Å². The van der Waals surface area contributed by atoms with Gasteiger partial charge in [0.25, 0.3) is 5.91 Å². The van der Waals surface area contributed by atoms with E-state index in [9.17, 15) is 9.90 Å². The molecule has 0 bridgehead atoms. The lowest BCUT2D eigenvalue weighted by atomic mass is 10.0. The summed E-state index contributed by atoms with van der Waals surface area (Å²) in [6.07, 6.45) is 0. The second-order valence-electron chi connectivity index (χ2n) is 4.46. The van der Waals surface area contributed by atoms with Crippen molar-refractivity contribution < 1.29 is 9.90 Å². The number of alkyl halides is 1. The molecule has 0 saturated heterocycles. The van der Waals surface area contributed by atoms with E-state index < -0.39 is 0 Å². The third-order valence-corrected chi connectivity index (χ3v) is 4.45. The van der Waals surface area contributed by atoms with Crippen molar-refractivity contribution >= 4 is 37.8 Å². The number of carbonyl (C=O) groups excluding carboxylic acids is 1. The molecule has 1 aromatic rings. The smallest absolute Gasteiger partial charge is 0.251 e. The molecular weight excluding hydrogens is 350 g/mol. The number of hydrogen-bond acceptors (Lipinski definition) is 2. The normalized spacial score (nSPS) is 13.2. The first-order valence-corrected chi connectivity index (χ1v) is 6.90. The summed E-state index contributed by atoms with van der Waals surface area (Å²) in [5, 5.41) is 12.4. The Bertz CT molecular complexity index is 431. The third-order valence-electron chi connectivity index (χ3n) is 2.64. The topological polar surface area (TPSA) is 49.3 Å². The standard InChI is InChI=1S/C12H15Br2NO2/c1-7(13)12(2,3)15-11(17)8-4-5-9(14)10(16)6-8/h4-7,16H,1-3H3,(H,15,17). The molecule has 0 heterocycles. The van der Waals surface area contributed by atoms with E-state index in [0.717, 1.165) is 0 Å². The van der Waals surface area contributed by atoms with Gasteiger partial charge in [-0.2, -0.15) is 0 Å². The number of nitrogens with one attached hydrogen (secondary N) is 1. The van der Waals surface area contributed by atoms with Crippen molar-refractivity contribution in [2.45, 2.75) is 31.1 Å². The van der Waals surface area contributed by atoms with Crippen LogP contribution in [0.2, 0.25) is 0 Å². The lowest BCUT2D eigenvalue weighted by Crippen LogP contribution is -2.48. The number of halogens is 2. The fourth-order valence-electron chi connectivity index (χ4n) is 1.12. The van der Waals surface area contributed by atoms with Gasteiger partial charge in [-0.15, -0.1) is 0 Å². The number of carbonyl (C=O) groups is 1. The van der Waals surface area contributed by atoms with Crippen molar-refractivity contribution in [3.63, 3.8) is 0 Å². The third kappa shape index (κ3) is 3.71. The first kappa shape index (κ1) is 14.5. The van der Waals surface area contributed by atoms with E-state index in [0.29, 0.717) is 10.0 Å². The molecule has 0 aliphatic carbocycles. The first-order chi connectivity index (χ1) is 7.74. The molecule has 17 heavy (non-hydrogen) atoms. The molecule has 0 fully saturated rings. The molecule has 1 atom stereocenters. The van der Waals surface area contributed by atoms with E-state index in [4.69, 9.17) is 0 Å². The highest BCUT2D eigenvalue weighted by Gasteiger charge is 2.26. The highest BCUT2D eigenvalue weighted by Crippen LogP contribution is 2.25. The minimum absolute atomic E-state index is 0.0577. The molecule has 1 aromatic carbocycles. The summed E-state index contributed by atoms with van der Waals surface area (Å²) in [4.78, 5) is 12.1. The average molecular weight is 365 g/mol. The van der Waals surface area contributed by atoms with Crippen LogP contribution in [0, 0.1) is 0 Å². The van der Waals surface area contributed by atoms with Gasteiger partial charge in [-0.3, -0.25) is 4.79 Å². The van der Waals surface area contributed by atoms with Gasteiger partial charge in [-0.25, -0.2) is 0 Å². The number of benzene rings is 1. The van der Waals surface area contributed by atoms with Crippen molar-refractivity contribution in [2.24, 2.45) is 0 Å². The zero-order valence-corrected chi connectivity index (χ0v) is 13.1. The number of phenols is 1. The molecule has 3 nitrogen and oxygen atoms in total. The molecule has 0 saturated carbocycles. The van der Waals surface area contributed by atoms with Crippen LogP contribution in [-0.2, 0) is 0 Å². The summed E-state index contributed by atoms with van der Waals surface area (Å²) in [7, 11) is 0. The predicted octanol–water partition coefficient (Wildman–Crippen LogP) is 3.45. The van der Waals surface area contributed by atoms with Crippen LogP contribution >= 0.6 is 31.9 Å². The van der Waals surface area contributed by atoms with Crippen LogP contribution < -0.4 is 5.32 Å². The van der Waals surface area contributed by atoms with Crippen LogP contribution in [0.5, 0.6) is 5.75 Å². The molecule has 0 aliphatic rings. The van der Waals surface area contributed by atoms with Gasteiger partial charge in [-0.05, 0) is 48.0 Å². The summed E-state index contributed by atoms with van der Waals surface area (Å²) in [6.45, 7) is 5.84. The SMILES string of the molecule is CC(Br)C(C)(C)NC(=O)c1ccc(Br)c(O)c1. The Hall–Kier alpha value is -0.550. The van der Waals surface area contributed by atoms with E-state index in [1.165, 1.54) is 6.07 Å². The van der Waals surface area contributed by atoms with Crippen LogP contribution in [0.3, 0.4) is 0 Å². The maximum absolute atomic E-state index is 12.0. The second kappa shape index (κ2) is 5.40. The van der Waals surface area contributed by atoms with Crippen molar-refractivity contribution in [3.8, 4) is 5.75 Å². The molecule has 1 unspecified atom stereocenters. The Labute approximate surface area is 118 Å². The van der Waals surface area contributed by atoms with Gasteiger partial charge in [0.05, 0.1) is 4.47 Å². The molecule has 1 rings (SSSR count). The van der Waals surface area contributed by atoms with E-state index >= 15 is 0 Å². The van der Waals surface area contributed by atoms with Crippen LogP contribution in [0.4, 0.5) is 0 Å². The Morgan fingerprint density at radius 3 is 2.53 bits per heavy atom. The Morgan fingerprint density at radius 1 is 1.47 bits per heavy atom. The number of amides is 1. The molecule has 5 heteroatoms. The highest BCUT2D eigenvalue weighted by atomic mass is 79.9. The van der Waals surface area contributed by atoms with Crippen LogP contribution in [0.15, 0.2) is 22.7 Å². The average Bonchev–Trinajstić information content (AvgIpc) is 2.21. The highest BCUT2D eigenvalue weighted by molar-refractivity contribution is 9.10. The largest absolute Gasteiger partial charge is 0.507 e. The summed E-state index contributed by atoms with van der Waals surface area (Å²) in [5.74, 6) is -0.147. The zero-order valence-electron chi connectivity index (χ0n) is 9.92. The van der Waals surface area contributed by atoms with E-state index in [-0.39, 0.29) is 22.0 Å². The zero-order chi connectivity index (χ0) is 13.2. The summed E-state index contributed by atoms with van der Waals surface area (Å²) in [5.41, 5.74) is 0.0756. The molecule has 2 N–H and O–H groups in total. The van der Waals surface area contributed by atoms with Crippen molar-refractivity contribution in [2.75, 3.05) is 0 Å². The Morgan fingerprint density at radius 2 is 2.06 bits per heavy atom. The number of hydrogen-bond donors (Lipinski definition) is 2. The summed E-state index contributed by atoms with van der Waals surface area (Å²) in [6, 6.07) is 4.75. The van der Waals surface area contributed by atoms with E-state index in [2.05, 4.69) is 37.2 Å². The molecule has 0 spiro atoms. The fourth-order valence-corrected chi connectivity index (χ4v) is 1.48. The van der Waals surface area contributed by atoms with E-state index in [1.807, 2.05) is 20.8 Å². The van der Waals surface area contributed by atoms with Crippen LogP contribution in [-0.4, -0.2) is 21.4 Å². The minimum atomic E-state index is -0.361. The number of rotatable bonds is 3. The monoisotopic (exact) mass is 363 g/mol. The lowest BCUT2D eigenvalue weighted by molar-refractivity contribution is 0.0913. The van der Waals surface area contributed by atoms with E-state index in [1.54, 1.807) is 12.1 Å². The Kier molecular flexibility index (Phi) is 4.61. The van der Waals surface area contributed by atoms with Gasteiger partial charge < -0.3 is 10.4 Å². The molecular formula is C12H15Br2NO2. The van der Waals surface area contributed by atoms with Crippen LogP contribution in [0.1, 0.15) is 31.1 Å². The van der Waals surface area contributed by atoms with Gasteiger partial charge in [0.1, 0.15) is 5.75 Å². The maximum atomic E-state index is 12.0. The second-order valence-corrected chi connectivity index (χ2v) is 6.69. The minimum Gasteiger partial charge on any atom is -0.507 e. The van der Waals surface area contributed by atoms with Gasteiger partial charge >= 0.3 is 0 Å². The van der Waals surface area contributed by atoms with Crippen molar-refractivity contribution in [1.82, 2.24) is 5.32 Å². The molecule has 94 valence electrons. The molecule has 0 aliphatic heterocycles. The Balaban J connectivity index is 2.87. The van der Waals surface area contributed by atoms with Gasteiger partial charge in [0.2, 0.25) is 0 Å². The van der Waals surface area contributed by atoms with Crippen molar-refractivity contribution in [1.29, 1.82) is 0 Å². The molecule has 0 radical (unpaired) electrons. The lowest BCUT2D eigenvalue weighted by Gasteiger charge is -2.29. The quantitative estimate of drug-likeness (QED) is 0.807. The molecule has 0 aromatic heterocycles. The number of phenolic OH excluding ortho intramolecular Hbond substituents is 1.